The van der Waals surface area contributed by atoms with E-state index in [2.05, 4.69) is 31.9 Å². The van der Waals surface area contributed by atoms with Crippen LogP contribution in [0, 0.1) is 0 Å². The van der Waals surface area contributed by atoms with Crippen LogP contribution in [-0.2, 0) is 16.0 Å². The molecule has 3 heterocycles. The smallest absolute Gasteiger partial charge is 0.419 e. The van der Waals surface area contributed by atoms with Gasteiger partial charge in [0, 0.05) is 46.9 Å². The molecule has 1 fully saturated rings. The van der Waals surface area contributed by atoms with E-state index < -0.39 is 5.60 Å². The van der Waals surface area contributed by atoms with Gasteiger partial charge in [0.2, 0.25) is 0 Å². The molecule has 3 aromatic rings. The van der Waals surface area contributed by atoms with Crippen molar-refractivity contribution >= 4 is 32.9 Å². The van der Waals surface area contributed by atoms with Crippen molar-refractivity contribution in [1.82, 2.24) is 14.5 Å². The number of morpholine rings is 1. The lowest BCUT2D eigenvalue weighted by Crippen LogP contribution is -2.37. The summed E-state index contributed by atoms with van der Waals surface area (Å²) >= 11 is 3.48. The SMILES string of the molecule is CC(C)(C)OC(=O)n1c(CN2CCOCC2)cc2c(-c3ccc(Br)cc3)nccc21. The first kappa shape index (κ1) is 21.0. The molecule has 0 bridgehead atoms. The molecule has 1 saturated heterocycles. The normalized spacial score (nSPS) is 15.5. The third kappa shape index (κ3) is 4.58. The van der Waals surface area contributed by atoms with Gasteiger partial charge < -0.3 is 9.47 Å². The van der Waals surface area contributed by atoms with E-state index in [-0.39, 0.29) is 6.09 Å². The molecule has 30 heavy (non-hydrogen) atoms. The summed E-state index contributed by atoms with van der Waals surface area (Å²) in [5, 5.41) is 0.939. The number of fused-ring (bicyclic) bond motifs is 1. The Labute approximate surface area is 184 Å². The first-order valence-electron chi connectivity index (χ1n) is 10.1. The second-order valence-corrected chi connectivity index (χ2v) is 9.35. The van der Waals surface area contributed by atoms with Crippen LogP contribution in [0.25, 0.3) is 22.2 Å². The lowest BCUT2D eigenvalue weighted by molar-refractivity contribution is 0.0321. The molecule has 0 atom stereocenters. The summed E-state index contributed by atoms with van der Waals surface area (Å²) in [5.74, 6) is 0. The summed E-state index contributed by atoms with van der Waals surface area (Å²) in [6, 6.07) is 12.0. The number of aromatic nitrogens is 2. The van der Waals surface area contributed by atoms with E-state index in [9.17, 15) is 4.79 Å². The number of carbonyl (C=O) groups is 1. The molecule has 0 unspecified atom stereocenters. The van der Waals surface area contributed by atoms with Crippen molar-refractivity contribution in [3.63, 3.8) is 0 Å². The number of nitrogens with zero attached hydrogens (tertiary/aromatic N) is 3. The Morgan fingerprint density at radius 3 is 2.53 bits per heavy atom. The van der Waals surface area contributed by atoms with Crippen molar-refractivity contribution in [1.29, 1.82) is 0 Å². The number of benzene rings is 1. The van der Waals surface area contributed by atoms with Gasteiger partial charge in [0.05, 0.1) is 24.4 Å². The van der Waals surface area contributed by atoms with Gasteiger partial charge in [-0.1, -0.05) is 28.1 Å². The van der Waals surface area contributed by atoms with Crippen molar-refractivity contribution in [2.75, 3.05) is 26.3 Å². The highest BCUT2D eigenvalue weighted by Crippen LogP contribution is 2.31. The number of pyridine rings is 1. The molecule has 1 aliphatic heterocycles. The largest absolute Gasteiger partial charge is 0.443 e. The van der Waals surface area contributed by atoms with Gasteiger partial charge in [0.15, 0.2) is 0 Å². The fraction of sp³-hybridized carbons (Fsp3) is 0.391. The fourth-order valence-electron chi connectivity index (χ4n) is 3.65. The Balaban J connectivity index is 1.82. The van der Waals surface area contributed by atoms with Crippen LogP contribution in [0.4, 0.5) is 4.79 Å². The maximum Gasteiger partial charge on any atom is 0.419 e. The molecule has 7 heteroatoms. The van der Waals surface area contributed by atoms with E-state index in [0.717, 1.165) is 45.4 Å². The number of hydrogen-bond acceptors (Lipinski definition) is 5. The molecule has 4 rings (SSSR count). The number of rotatable bonds is 3. The molecule has 0 saturated carbocycles. The van der Waals surface area contributed by atoms with Gasteiger partial charge >= 0.3 is 6.09 Å². The molecule has 0 aliphatic carbocycles. The minimum Gasteiger partial charge on any atom is -0.443 e. The zero-order valence-corrected chi connectivity index (χ0v) is 19.1. The molecule has 0 N–H and O–H groups in total. The lowest BCUT2D eigenvalue weighted by atomic mass is 10.1. The van der Waals surface area contributed by atoms with Gasteiger partial charge in [-0.15, -0.1) is 0 Å². The molecule has 6 nitrogen and oxygen atoms in total. The Morgan fingerprint density at radius 1 is 1.17 bits per heavy atom. The Hall–Kier alpha value is -2.22. The molecule has 1 aromatic carbocycles. The third-order valence-corrected chi connectivity index (χ3v) is 5.52. The first-order valence-corrected chi connectivity index (χ1v) is 10.9. The van der Waals surface area contributed by atoms with E-state index in [1.54, 1.807) is 10.8 Å². The van der Waals surface area contributed by atoms with Crippen molar-refractivity contribution in [3.8, 4) is 11.3 Å². The highest BCUT2D eigenvalue weighted by Gasteiger charge is 2.25. The molecule has 158 valence electrons. The second-order valence-electron chi connectivity index (χ2n) is 8.44. The highest BCUT2D eigenvalue weighted by molar-refractivity contribution is 9.10. The molecular weight excluding hydrogens is 446 g/mol. The monoisotopic (exact) mass is 471 g/mol. The molecular formula is C23H26BrN3O3. The molecule has 0 amide bonds. The Kier molecular flexibility index (Phi) is 5.95. The zero-order chi connectivity index (χ0) is 21.3. The average molecular weight is 472 g/mol. The maximum atomic E-state index is 13.2. The predicted molar refractivity (Wildman–Crippen MR) is 121 cm³/mol. The molecule has 0 radical (unpaired) electrons. The summed E-state index contributed by atoms with van der Waals surface area (Å²) in [4.78, 5) is 20.1. The number of carbonyl (C=O) groups excluding carboxylic acids is 1. The average Bonchev–Trinajstić information content (AvgIpc) is 3.06. The van der Waals surface area contributed by atoms with E-state index in [1.807, 2.05) is 51.1 Å². The topological polar surface area (TPSA) is 56.6 Å². The maximum absolute atomic E-state index is 13.2. The third-order valence-electron chi connectivity index (χ3n) is 4.99. The number of hydrogen-bond donors (Lipinski definition) is 0. The molecule has 2 aromatic heterocycles. The second kappa shape index (κ2) is 8.49. The van der Waals surface area contributed by atoms with Crippen LogP contribution in [0.2, 0.25) is 0 Å². The summed E-state index contributed by atoms with van der Waals surface area (Å²) in [7, 11) is 0. The van der Waals surface area contributed by atoms with Gasteiger partial charge in [-0.2, -0.15) is 0 Å². The van der Waals surface area contributed by atoms with E-state index in [0.29, 0.717) is 19.8 Å². The van der Waals surface area contributed by atoms with Crippen molar-refractivity contribution < 1.29 is 14.3 Å². The molecule has 0 spiro atoms. The summed E-state index contributed by atoms with van der Waals surface area (Å²) in [6.07, 6.45) is 1.38. The van der Waals surface area contributed by atoms with Gasteiger partial charge in [-0.3, -0.25) is 9.88 Å². The quantitative estimate of drug-likeness (QED) is 0.532. The van der Waals surface area contributed by atoms with Crippen molar-refractivity contribution in [2.45, 2.75) is 32.9 Å². The lowest BCUT2D eigenvalue weighted by Gasteiger charge is -2.27. The van der Waals surface area contributed by atoms with Crippen LogP contribution in [0.3, 0.4) is 0 Å². The van der Waals surface area contributed by atoms with E-state index in [1.165, 1.54) is 0 Å². The summed E-state index contributed by atoms with van der Waals surface area (Å²) in [6.45, 7) is 9.39. The van der Waals surface area contributed by atoms with Crippen molar-refractivity contribution in [3.05, 3.63) is 52.8 Å². The van der Waals surface area contributed by atoms with Crippen LogP contribution in [0.1, 0.15) is 26.5 Å². The standard InChI is InChI=1S/C23H26BrN3O3/c1-23(2,3)30-22(28)27-18(15-26-10-12-29-13-11-26)14-19-20(27)8-9-25-21(19)16-4-6-17(24)7-5-16/h4-9,14H,10-13,15H2,1-3H3. The number of ether oxygens (including phenoxy) is 2. The van der Waals surface area contributed by atoms with Gasteiger partial charge in [-0.05, 0) is 45.0 Å². The number of halogens is 1. The fourth-order valence-corrected chi connectivity index (χ4v) is 3.92. The van der Waals surface area contributed by atoms with Crippen LogP contribution in [0.15, 0.2) is 47.1 Å². The highest BCUT2D eigenvalue weighted by atomic mass is 79.9. The van der Waals surface area contributed by atoms with Crippen LogP contribution in [0.5, 0.6) is 0 Å². The van der Waals surface area contributed by atoms with Crippen LogP contribution in [-0.4, -0.2) is 52.4 Å². The van der Waals surface area contributed by atoms with Gasteiger partial charge in [-0.25, -0.2) is 9.36 Å². The summed E-state index contributed by atoms with van der Waals surface area (Å²) in [5.41, 5.74) is 2.98. The Bertz CT molecular complexity index is 1050. The van der Waals surface area contributed by atoms with Crippen LogP contribution >= 0.6 is 15.9 Å². The zero-order valence-electron chi connectivity index (χ0n) is 17.5. The minimum atomic E-state index is -0.578. The predicted octanol–water partition coefficient (Wildman–Crippen LogP) is 5.08. The Morgan fingerprint density at radius 2 is 1.87 bits per heavy atom. The summed E-state index contributed by atoms with van der Waals surface area (Å²) < 4.78 is 13.9. The van der Waals surface area contributed by atoms with Crippen LogP contribution < -0.4 is 0 Å². The minimum absolute atomic E-state index is 0.367. The van der Waals surface area contributed by atoms with E-state index in [4.69, 9.17) is 9.47 Å². The van der Waals surface area contributed by atoms with Gasteiger partial charge in [0.25, 0.3) is 0 Å². The molecule has 1 aliphatic rings. The first-order chi connectivity index (χ1) is 14.3. The van der Waals surface area contributed by atoms with E-state index >= 15 is 0 Å². The van der Waals surface area contributed by atoms with Gasteiger partial charge in [0.1, 0.15) is 5.60 Å². The van der Waals surface area contributed by atoms with Crippen molar-refractivity contribution in [2.24, 2.45) is 0 Å².